The highest BCUT2D eigenvalue weighted by atomic mass is 19.4. The van der Waals surface area contributed by atoms with Crippen LogP contribution in [0.2, 0.25) is 0 Å². The summed E-state index contributed by atoms with van der Waals surface area (Å²) in [6, 6.07) is 0. The molecule has 1 saturated heterocycles. The van der Waals surface area contributed by atoms with Crippen LogP contribution in [0.3, 0.4) is 0 Å². The molecule has 0 unspecified atom stereocenters. The molecule has 0 aliphatic carbocycles. The van der Waals surface area contributed by atoms with Crippen LogP contribution in [0.4, 0.5) is 13.2 Å². The van der Waals surface area contributed by atoms with Crippen molar-refractivity contribution in [2.45, 2.75) is 39.3 Å². The third kappa shape index (κ3) is 3.12. The van der Waals surface area contributed by atoms with Gasteiger partial charge in [-0.15, -0.1) is 0 Å². The molecule has 1 aliphatic heterocycles. The highest BCUT2D eigenvalue weighted by Gasteiger charge is 2.42. The Balaban J connectivity index is 2.60. The Morgan fingerprint density at radius 3 is 2.62 bits per heavy atom. The highest BCUT2D eigenvalue weighted by Crippen LogP contribution is 2.33. The quantitative estimate of drug-likeness (QED) is 0.723. The smallest absolute Gasteiger partial charge is 0.342 e. The lowest BCUT2D eigenvalue weighted by molar-refractivity contribution is -0.188. The van der Waals surface area contributed by atoms with Crippen molar-refractivity contribution in [2.75, 3.05) is 13.1 Å². The van der Waals surface area contributed by atoms with Gasteiger partial charge in [0.1, 0.15) is 0 Å². The van der Waals surface area contributed by atoms with Crippen molar-refractivity contribution < 1.29 is 18.0 Å². The third-order valence-corrected chi connectivity index (χ3v) is 3.23. The number of piperidine rings is 1. The average molecular weight is 237 g/mol. The summed E-state index contributed by atoms with van der Waals surface area (Å²) < 4.78 is 37.6. The minimum atomic E-state index is -4.17. The van der Waals surface area contributed by atoms with Gasteiger partial charge >= 0.3 is 6.18 Å². The number of amides is 1. The first kappa shape index (κ1) is 13.3. The predicted octanol–water partition coefficient (Wildman–Crippen LogP) is 2.83. The molecule has 1 heterocycles. The molecule has 5 heteroatoms. The zero-order chi connectivity index (χ0) is 12.3. The molecule has 0 radical (unpaired) electrons. The normalized spacial score (nSPS) is 24.3. The molecule has 0 spiro atoms. The number of hydrogen-bond donors (Lipinski definition) is 0. The maximum Gasteiger partial charge on any atom is 0.393 e. The van der Waals surface area contributed by atoms with Crippen molar-refractivity contribution in [1.82, 2.24) is 4.90 Å². The summed E-state index contributed by atoms with van der Waals surface area (Å²) in [6.45, 7) is 3.94. The minimum Gasteiger partial charge on any atom is -0.342 e. The molecule has 1 rings (SSSR count). The van der Waals surface area contributed by atoms with E-state index >= 15 is 0 Å². The Bertz CT molecular complexity index is 252. The van der Waals surface area contributed by atoms with Gasteiger partial charge in [0, 0.05) is 19.0 Å². The Labute approximate surface area is 93.8 Å². The van der Waals surface area contributed by atoms with Crippen LogP contribution in [0, 0.1) is 11.8 Å². The molecule has 0 aromatic heterocycles. The number of hydrogen-bond acceptors (Lipinski definition) is 1. The number of carbonyl (C=O) groups is 1. The lowest BCUT2D eigenvalue weighted by Gasteiger charge is -2.35. The summed E-state index contributed by atoms with van der Waals surface area (Å²) in [6.07, 6.45) is -2.90. The third-order valence-electron chi connectivity index (χ3n) is 3.23. The van der Waals surface area contributed by atoms with E-state index in [0.29, 0.717) is 19.4 Å². The van der Waals surface area contributed by atoms with Crippen molar-refractivity contribution in [3.8, 4) is 0 Å². The monoisotopic (exact) mass is 237 g/mol. The van der Waals surface area contributed by atoms with Crippen molar-refractivity contribution in [3.63, 3.8) is 0 Å². The number of halogens is 3. The molecule has 1 aliphatic rings. The van der Waals surface area contributed by atoms with Gasteiger partial charge < -0.3 is 4.90 Å². The van der Waals surface area contributed by atoms with E-state index in [-0.39, 0.29) is 24.8 Å². The van der Waals surface area contributed by atoms with Gasteiger partial charge in [-0.05, 0) is 19.3 Å². The van der Waals surface area contributed by atoms with Gasteiger partial charge in [-0.1, -0.05) is 13.8 Å². The fourth-order valence-corrected chi connectivity index (χ4v) is 1.93. The zero-order valence-corrected chi connectivity index (χ0v) is 9.68. The lowest BCUT2D eigenvalue weighted by atomic mass is 9.96. The second-order valence-corrected chi connectivity index (χ2v) is 4.47. The Kier molecular flexibility index (Phi) is 4.21. The second kappa shape index (κ2) is 5.06. The molecule has 1 amide bonds. The van der Waals surface area contributed by atoms with Gasteiger partial charge in [0.15, 0.2) is 0 Å². The van der Waals surface area contributed by atoms with E-state index in [2.05, 4.69) is 0 Å². The maximum atomic E-state index is 12.5. The van der Waals surface area contributed by atoms with E-state index in [9.17, 15) is 18.0 Å². The summed E-state index contributed by atoms with van der Waals surface area (Å²) in [4.78, 5) is 13.1. The molecule has 0 aromatic carbocycles. The molecule has 0 saturated carbocycles. The molecule has 0 aromatic rings. The number of carbonyl (C=O) groups excluding carboxylic acids is 1. The summed E-state index contributed by atoms with van der Waals surface area (Å²) in [7, 11) is 0. The van der Waals surface area contributed by atoms with Gasteiger partial charge in [0.2, 0.25) is 5.91 Å². The summed E-state index contributed by atoms with van der Waals surface area (Å²) >= 11 is 0. The molecule has 2 atom stereocenters. The zero-order valence-electron chi connectivity index (χ0n) is 9.68. The van der Waals surface area contributed by atoms with Crippen LogP contribution in [0.1, 0.15) is 33.1 Å². The van der Waals surface area contributed by atoms with Crippen molar-refractivity contribution in [1.29, 1.82) is 0 Å². The average Bonchev–Trinajstić information content (AvgIpc) is 2.26. The van der Waals surface area contributed by atoms with E-state index < -0.39 is 12.1 Å². The van der Waals surface area contributed by atoms with Gasteiger partial charge in [-0.25, -0.2) is 0 Å². The summed E-state index contributed by atoms with van der Waals surface area (Å²) in [5, 5.41) is 0. The largest absolute Gasteiger partial charge is 0.393 e. The van der Waals surface area contributed by atoms with E-state index in [1.54, 1.807) is 6.92 Å². The van der Waals surface area contributed by atoms with E-state index in [1.807, 2.05) is 6.92 Å². The summed E-state index contributed by atoms with van der Waals surface area (Å²) in [5.74, 6) is -1.65. The number of rotatable bonds is 2. The van der Waals surface area contributed by atoms with Crippen LogP contribution in [-0.4, -0.2) is 30.1 Å². The summed E-state index contributed by atoms with van der Waals surface area (Å²) in [5.41, 5.74) is 0. The SMILES string of the molecule is CC[C@H](C)C(=O)N1CCC[C@H](C(F)(F)F)C1. The first-order valence-electron chi connectivity index (χ1n) is 5.71. The van der Waals surface area contributed by atoms with Gasteiger partial charge in [0.25, 0.3) is 0 Å². The molecular formula is C11H18F3NO. The fourth-order valence-electron chi connectivity index (χ4n) is 1.93. The molecule has 2 nitrogen and oxygen atoms in total. The van der Waals surface area contributed by atoms with Gasteiger partial charge in [-0.3, -0.25) is 4.79 Å². The number of alkyl halides is 3. The topological polar surface area (TPSA) is 20.3 Å². The van der Waals surface area contributed by atoms with Crippen LogP contribution in [0.25, 0.3) is 0 Å². The Morgan fingerprint density at radius 1 is 1.50 bits per heavy atom. The van der Waals surface area contributed by atoms with Crippen LogP contribution >= 0.6 is 0 Å². The highest BCUT2D eigenvalue weighted by molar-refractivity contribution is 5.78. The van der Waals surface area contributed by atoms with E-state index in [4.69, 9.17) is 0 Å². The fraction of sp³-hybridized carbons (Fsp3) is 0.909. The minimum absolute atomic E-state index is 0.142. The Morgan fingerprint density at radius 2 is 2.12 bits per heavy atom. The number of likely N-dealkylation sites (tertiary alicyclic amines) is 1. The molecule has 0 bridgehead atoms. The predicted molar refractivity (Wildman–Crippen MR) is 54.8 cm³/mol. The standard InChI is InChI=1S/C11H18F3NO/c1-3-8(2)10(16)15-6-4-5-9(7-15)11(12,13)14/h8-9H,3-7H2,1-2H3/t8-,9-/m0/s1. The van der Waals surface area contributed by atoms with Crippen molar-refractivity contribution in [3.05, 3.63) is 0 Å². The Hall–Kier alpha value is -0.740. The maximum absolute atomic E-state index is 12.5. The lowest BCUT2D eigenvalue weighted by Crippen LogP contribution is -2.46. The molecule has 1 fully saturated rings. The van der Waals surface area contributed by atoms with Crippen LogP contribution in [0.15, 0.2) is 0 Å². The number of nitrogens with zero attached hydrogens (tertiary/aromatic N) is 1. The van der Waals surface area contributed by atoms with Crippen LogP contribution in [-0.2, 0) is 4.79 Å². The van der Waals surface area contributed by atoms with Crippen molar-refractivity contribution >= 4 is 5.91 Å². The molecular weight excluding hydrogens is 219 g/mol. The first-order chi connectivity index (χ1) is 7.36. The van der Waals surface area contributed by atoms with Crippen LogP contribution in [0.5, 0.6) is 0 Å². The van der Waals surface area contributed by atoms with Crippen LogP contribution < -0.4 is 0 Å². The van der Waals surface area contributed by atoms with Crippen molar-refractivity contribution in [2.24, 2.45) is 11.8 Å². The molecule has 94 valence electrons. The van der Waals surface area contributed by atoms with E-state index in [0.717, 1.165) is 0 Å². The van der Waals surface area contributed by atoms with Gasteiger partial charge in [-0.2, -0.15) is 13.2 Å². The second-order valence-electron chi connectivity index (χ2n) is 4.47. The van der Waals surface area contributed by atoms with E-state index in [1.165, 1.54) is 4.90 Å². The van der Waals surface area contributed by atoms with Gasteiger partial charge in [0.05, 0.1) is 5.92 Å². The molecule has 16 heavy (non-hydrogen) atoms. The first-order valence-corrected chi connectivity index (χ1v) is 5.71. The molecule has 0 N–H and O–H groups in total.